The van der Waals surface area contributed by atoms with E-state index >= 15 is 0 Å². The molecule has 114 valence electrons. The summed E-state index contributed by atoms with van der Waals surface area (Å²) < 4.78 is 2.17. The first kappa shape index (κ1) is 15.8. The van der Waals surface area contributed by atoms with Crippen molar-refractivity contribution in [2.75, 3.05) is 0 Å². The molecule has 2 aromatic rings. The lowest BCUT2D eigenvalue weighted by atomic mass is 10.00. The summed E-state index contributed by atoms with van der Waals surface area (Å²) in [6.45, 7) is 7.38. The van der Waals surface area contributed by atoms with E-state index in [1.807, 2.05) is 0 Å². The molecule has 2 N–H and O–H groups in total. The molecule has 1 unspecified atom stereocenters. The van der Waals surface area contributed by atoms with Crippen LogP contribution >= 0.6 is 0 Å². The topological polar surface area (TPSA) is 43.8 Å². The predicted molar refractivity (Wildman–Crippen MR) is 88.5 cm³/mol. The Hall–Kier alpha value is -1.61. The Morgan fingerprint density at radius 2 is 1.81 bits per heavy atom. The summed E-state index contributed by atoms with van der Waals surface area (Å²) >= 11 is 0. The molecular formula is C18H27N3. The average Bonchev–Trinajstić information content (AvgIpc) is 2.84. The minimum absolute atomic E-state index is 0.231. The first-order chi connectivity index (χ1) is 10.2. The van der Waals surface area contributed by atoms with Crippen molar-refractivity contribution < 1.29 is 0 Å². The SMILES string of the molecule is CCc1nn(Cc2ccccc2)c(CC)c1CC(N)CC. The van der Waals surface area contributed by atoms with Crippen molar-refractivity contribution in [3.63, 3.8) is 0 Å². The van der Waals surface area contributed by atoms with Crippen LogP contribution in [0.3, 0.4) is 0 Å². The summed E-state index contributed by atoms with van der Waals surface area (Å²) in [5, 5.41) is 4.84. The second-order valence-corrected chi connectivity index (χ2v) is 5.59. The molecule has 3 heteroatoms. The Kier molecular flexibility index (Phi) is 5.57. The molecule has 0 amide bonds. The van der Waals surface area contributed by atoms with E-state index in [2.05, 4.69) is 55.8 Å². The van der Waals surface area contributed by atoms with Crippen LogP contribution in [-0.4, -0.2) is 15.8 Å². The quantitative estimate of drug-likeness (QED) is 0.848. The van der Waals surface area contributed by atoms with Crippen LogP contribution in [-0.2, 0) is 25.8 Å². The summed E-state index contributed by atoms with van der Waals surface area (Å²) in [5.74, 6) is 0. The summed E-state index contributed by atoms with van der Waals surface area (Å²) in [7, 11) is 0. The highest BCUT2D eigenvalue weighted by molar-refractivity contribution is 5.29. The van der Waals surface area contributed by atoms with Crippen molar-refractivity contribution in [2.45, 2.75) is 59.0 Å². The van der Waals surface area contributed by atoms with Gasteiger partial charge in [0.1, 0.15) is 0 Å². The van der Waals surface area contributed by atoms with Crippen LogP contribution in [0, 0.1) is 0 Å². The van der Waals surface area contributed by atoms with E-state index in [0.717, 1.165) is 32.2 Å². The molecule has 1 aromatic carbocycles. The maximum atomic E-state index is 6.18. The van der Waals surface area contributed by atoms with Crippen LogP contribution in [0.25, 0.3) is 0 Å². The number of rotatable bonds is 7. The van der Waals surface area contributed by atoms with Crippen molar-refractivity contribution in [1.82, 2.24) is 9.78 Å². The van der Waals surface area contributed by atoms with E-state index in [0.29, 0.717) is 0 Å². The molecule has 0 aliphatic rings. The molecule has 21 heavy (non-hydrogen) atoms. The second kappa shape index (κ2) is 7.41. The molecule has 1 atom stereocenters. The Morgan fingerprint density at radius 3 is 2.38 bits per heavy atom. The third kappa shape index (κ3) is 3.73. The highest BCUT2D eigenvalue weighted by Gasteiger charge is 2.17. The van der Waals surface area contributed by atoms with Gasteiger partial charge in [-0.1, -0.05) is 51.1 Å². The highest BCUT2D eigenvalue weighted by Crippen LogP contribution is 2.20. The predicted octanol–water partition coefficient (Wildman–Crippen LogP) is 3.34. The number of nitrogens with zero attached hydrogens (tertiary/aromatic N) is 2. The van der Waals surface area contributed by atoms with Crippen LogP contribution in [0.2, 0.25) is 0 Å². The van der Waals surface area contributed by atoms with E-state index in [1.165, 1.54) is 22.5 Å². The van der Waals surface area contributed by atoms with Gasteiger partial charge in [0.2, 0.25) is 0 Å². The number of hydrogen-bond acceptors (Lipinski definition) is 2. The van der Waals surface area contributed by atoms with Gasteiger partial charge in [-0.3, -0.25) is 4.68 Å². The lowest BCUT2D eigenvalue weighted by molar-refractivity contribution is 0.626. The molecular weight excluding hydrogens is 258 g/mol. The largest absolute Gasteiger partial charge is 0.327 e. The van der Waals surface area contributed by atoms with Crippen LogP contribution in [0.5, 0.6) is 0 Å². The van der Waals surface area contributed by atoms with Crippen LogP contribution in [0.1, 0.15) is 49.7 Å². The lowest BCUT2D eigenvalue weighted by Crippen LogP contribution is -2.22. The Labute approximate surface area is 128 Å². The lowest BCUT2D eigenvalue weighted by Gasteiger charge is -2.11. The number of aryl methyl sites for hydroxylation is 1. The van der Waals surface area contributed by atoms with Crippen LogP contribution in [0.4, 0.5) is 0 Å². The van der Waals surface area contributed by atoms with Crippen molar-refractivity contribution in [2.24, 2.45) is 5.73 Å². The third-order valence-electron chi connectivity index (χ3n) is 4.09. The van der Waals surface area contributed by atoms with E-state index < -0.39 is 0 Å². The van der Waals surface area contributed by atoms with Gasteiger partial charge in [-0.25, -0.2) is 0 Å². The van der Waals surface area contributed by atoms with Gasteiger partial charge in [-0.05, 0) is 36.8 Å². The minimum Gasteiger partial charge on any atom is -0.327 e. The zero-order chi connectivity index (χ0) is 15.2. The highest BCUT2D eigenvalue weighted by atomic mass is 15.3. The van der Waals surface area contributed by atoms with Gasteiger partial charge in [0.05, 0.1) is 12.2 Å². The molecule has 0 radical (unpaired) electrons. The standard InChI is InChI=1S/C18H27N3/c1-4-15(19)12-16-17(5-2)20-21(18(16)6-3)13-14-10-8-7-9-11-14/h7-11,15H,4-6,12-13,19H2,1-3H3. The molecule has 0 spiro atoms. The summed E-state index contributed by atoms with van der Waals surface area (Å²) in [4.78, 5) is 0. The van der Waals surface area contributed by atoms with Gasteiger partial charge in [-0.15, -0.1) is 0 Å². The number of benzene rings is 1. The summed E-state index contributed by atoms with van der Waals surface area (Å²) in [5.41, 5.74) is 11.4. The fourth-order valence-electron chi connectivity index (χ4n) is 2.80. The van der Waals surface area contributed by atoms with Crippen LogP contribution < -0.4 is 5.73 Å². The van der Waals surface area contributed by atoms with Crippen LogP contribution in [0.15, 0.2) is 30.3 Å². The van der Waals surface area contributed by atoms with Gasteiger partial charge >= 0.3 is 0 Å². The molecule has 0 aliphatic carbocycles. The fourth-order valence-corrected chi connectivity index (χ4v) is 2.80. The van der Waals surface area contributed by atoms with Crippen molar-refractivity contribution in [1.29, 1.82) is 0 Å². The van der Waals surface area contributed by atoms with E-state index in [4.69, 9.17) is 10.8 Å². The summed E-state index contributed by atoms with van der Waals surface area (Å²) in [6, 6.07) is 10.8. The molecule has 0 fully saturated rings. The molecule has 0 saturated carbocycles. The van der Waals surface area contributed by atoms with Gasteiger partial charge in [-0.2, -0.15) is 5.10 Å². The Bertz CT molecular complexity index is 557. The zero-order valence-corrected chi connectivity index (χ0v) is 13.5. The second-order valence-electron chi connectivity index (χ2n) is 5.59. The maximum absolute atomic E-state index is 6.18. The number of hydrogen-bond donors (Lipinski definition) is 1. The van der Waals surface area contributed by atoms with Gasteiger partial charge in [0.15, 0.2) is 0 Å². The third-order valence-corrected chi connectivity index (χ3v) is 4.09. The Balaban J connectivity index is 2.33. The average molecular weight is 285 g/mol. The van der Waals surface area contributed by atoms with Gasteiger partial charge in [0.25, 0.3) is 0 Å². The Morgan fingerprint density at radius 1 is 1.10 bits per heavy atom. The van der Waals surface area contributed by atoms with Crippen molar-refractivity contribution in [3.05, 3.63) is 52.8 Å². The monoisotopic (exact) mass is 285 g/mol. The van der Waals surface area contributed by atoms with E-state index in [1.54, 1.807) is 0 Å². The molecule has 0 bridgehead atoms. The van der Waals surface area contributed by atoms with E-state index in [-0.39, 0.29) is 6.04 Å². The first-order valence-corrected chi connectivity index (χ1v) is 8.06. The van der Waals surface area contributed by atoms with Crippen molar-refractivity contribution in [3.8, 4) is 0 Å². The first-order valence-electron chi connectivity index (χ1n) is 8.06. The molecule has 1 aromatic heterocycles. The summed E-state index contributed by atoms with van der Waals surface area (Å²) in [6.07, 6.45) is 3.93. The molecule has 1 heterocycles. The maximum Gasteiger partial charge on any atom is 0.0662 e. The number of aromatic nitrogens is 2. The normalized spacial score (nSPS) is 12.6. The zero-order valence-electron chi connectivity index (χ0n) is 13.5. The molecule has 3 nitrogen and oxygen atoms in total. The van der Waals surface area contributed by atoms with Gasteiger partial charge in [0, 0.05) is 11.7 Å². The molecule has 0 saturated heterocycles. The van der Waals surface area contributed by atoms with Crippen molar-refractivity contribution >= 4 is 0 Å². The van der Waals surface area contributed by atoms with E-state index in [9.17, 15) is 0 Å². The molecule has 0 aliphatic heterocycles. The minimum atomic E-state index is 0.231. The molecule has 2 rings (SSSR count). The number of nitrogens with two attached hydrogens (primary N) is 1. The van der Waals surface area contributed by atoms with Gasteiger partial charge < -0.3 is 5.73 Å². The fraction of sp³-hybridized carbons (Fsp3) is 0.500. The smallest absolute Gasteiger partial charge is 0.0662 e.